The number of nitrogens with zero attached hydrogens (tertiary/aromatic N) is 1. The first-order valence-corrected chi connectivity index (χ1v) is 6.80. The van der Waals surface area contributed by atoms with E-state index in [-0.39, 0.29) is 6.54 Å². The average molecular weight is 379 g/mol. The second-order valence-corrected chi connectivity index (χ2v) is 5.21. The fourth-order valence-corrected chi connectivity index (χ4v) is 1.12. The molecule has 9 nitrogen and oxygen atoms in total. The number of aromatic nitrogens is 1. The number of carbonyl (C=O) groups is 4. The number of hydrogen-bond acceptors (Lipinski definition) is 5. The molecule has 2 amide bonds. The SMILES string of the molecule is CC(C)(C(=O)O)C(=O)NCC(=O)Nc1cccnc1.O=C(O)C(F)(F)F. The van der Waals surface area contributed by atoms with Crippen LogP contribution in [-0.4, -0.2) is 51.7 Å². The Balaban J connectivity index is 0.000000758. The summed E-state index contributed by atoms with van der Waals surface area (Å²) >= 11 is 0. The van der Waals surface area contributed by atoms with Crippen LogP contribution in [-0.2, 0) is 19.2 Å². The molecule has 0 saturated carbocycles. The molecule has 1 aromatic heterocycles. The van der Waals surface area contributed by atoms with Crippen LogP contribution in [0, 0.1) is 5.41 Å². The molecule has 1 rings (SSSR count). The minimum atomic E-state index is -5.08. The van der Waals surface area contributed by atoms with Crippen LogP contribution in [0.25, 0.3) is 0 Å². The molecule has 0 aliphatic carbocycles. The van der Waals surface area contributed by atoms with E-state index in [0.717, 1.165) is 0 Å². The molecule has 0 aromatic carbocycles. The summed E-state index contributed by atoms with van der Waals surface area (Å²) in [5.41, 5.74) is -1.08. The van der Waals surface area contributed by atoms with Gasteiger partial charge in [0.25, 0.3) is 0 Å². The molecule has 0 aliphatic rings. The van der Waals surface area contributed by atoms with Gasteiger partial charge in [-0.2, -0.15) is 13.2 Å². The van der Waals surface area contributed by atoms with Crippen LogP contribution in [0.3, 0.4) is 0 Å². The molecule has 0 bridgehead atoms. The zero-order valence-corrected chi connectivity index (χ0v) is 13.6. The van der Waals surface area contributed by atoms with Gasteiger partial charge in [-0.05, 0) is 26.0 Å². The summed E-state index contributed by atoms with van der Waals surface area (Å²) < 4.78 is 31.7. The lowest BCUT2D eigenvalue weighted by molar-refractivity contribution is -0.192. The van der Waals surface area contributed by atoms with Gasteiger partial charge in [0.2, 0.25) is 11.8 Å². The monoisotopic (exact) mass is 379 g/mol. The summed E-state index contributed by atoms with van der Waals surface area (Å²) in [4.78, 5) is 46.6. The second kappa shape index (κ2) is 9.34. The summed E-state index contributed by atoms with van der Waals surface area (Å²) in [5, 5.41) is 20.8. The van der Waals surface area contributed by atoms with Crippen molar-refractivity contribution >= 4 is 29.4 Å². The topological polar surface area (TPSA) is 146 Å². The quantitative estimate of drug-likeness (QED) is 0.556. The number of rotatable bonds is 5. The third kappa shape index (κ3) is 8.08. The minimum absolute atomic E-state index is 0.301. The molecule has 12 heteroatoms. The maximum Gasteiger partial charge on any atom is 0.490 e. The van der Waals surface area contributed by atoms with Gasteiger partial charge < -0.3 is 20.8 Å². The summed E-state index contributed by atoms with van der Waals surface area (Å²) in [6.45, 7) is 2.23. The number of amides is 2. The summed E-state index contributed by atoms with van der Waals surface area (Å²) in [7, 11) is 0. The van der Waals surface area contributed by atoms with Gasteiger partial charge in [-0.3, -0.25) is 19.4 Å². The van der Waals surface area contributed by atoms with Gasteiger partial charge in [0, 0.05) is 6.20 Å². The van der Waals surface area contributed by atoms with Gasteiger partial charge in [0.1, 0.15) is 5.41 Å². The fourth-order valence-electron chi connectivity index (χ4n) is 1.12. The molecule has 4 N–H and O–H groups in total. The van der Waals surface area contributed by atoms with Crippen LogP contribution in [0.2, 0.25) is 0 Å². The largest absolute Gasteiger partial charge is 0.490 e. The standard InChI is InChI=1S/C12H15N3O4.C2HF3O2/c1-12(2,11(18)19)10(17)14-7-9(16)15-8-4-3-5-13-6-8;3-2(4,5)1(6)7/h3-6H,7H2,1-2H3,(H,14,17)(H,15,16)(H,18,19);(H,6,7). The number of carboxylic acids is 2. The first-order valence-electron chi connectivity index (χ1n) is 6.80. The Hall–Kier alpha value is -3.18. The van der Waals surface area contributed by atoms with E-state index in [1.807, 2.05) is 0 Å². The van der Waals surface area contributed by atoms with Crippen molar-refractivity contribution in [1.82, 2.24) is 10.3 Å². The Labute approximate surface area is 145 Å². The molecule has 144 valence electrons. The number of pyridine rings is 1. The Kier molecular flexibility index (Phi) is 8.20. The molecule has 0 unspecified atom stereocenters. The maximum atomic E-state index is 11.6. The molecule has 0 saturated heterocycles. The third-order valence-corrected chi connectivity index (χ3v) is 2.70. The van der Waals surface area contributed by atoms with Crippen molar-refractivity contribution < 1.29 is 42.6 Å². The highest BCUT2D eigenvalue weighted by Crippen LogP contribution is 2.14. The van der Waals surface area contributed by atoms with E-state index >= 15 is 0 Å². The molecular weight excluding hydrogens is 363 g/mol. The molecule has 0 fully saturated rings. The summed E-state index contributed by atoms with van der Waals surface area (Å²) in [6, 6.07) is 3.30. The van der Waals surface area contributed by atoms with E-state index < -0.39 is 35.3 Å². The highest BCUT2D eigenvalue weighted by Gasteiger charge is 2.38. The van der Waals surface area contributed by atoms with Crippen molar-refractivity contribution in [3.63, 3.8) is 0 Å². The Morgan fingerprint density at radius 3 is 2.04 bits per heavy atom. The zero-order valence-electron chi connectivity index (χ0n) is 13.6. The number of aliphatic carboxylic acids is 2. The highest BCUT2D eigenvalue weighted by atomic mass is 19.4. The number of halogens is 3. The fraction of sp³-hybridized carbons (Fsp3) is 0.357. The van der Waals surface area contributed by atoms with Gasteiger partial charge in [-0.15, -0.1) is 0 Å². The predicted molar refractivity (Wildman–Crippen MR) is 81.0 cm³/mol. The molecule has 0 spiro atoms. The van der Waals surface area contributed by atoms with E-state index in [1.165, 1.54) is 20.0 Å². The molecular formula is C14H16F3N3O6. The van der Waals surface area contributed by atoms with Crippen LogP contribution in [0.1, 0.15) is 13.8 Å². The maximum absolute atomic E-state index is 11.6. The third-order valence-electron chi connectivity index (χ3n) is 2.70. The van der Waals surface area contributed by atoms with Gasteiger partial charge in [0.15, 0.2) is 0 Å². The predicted octanol–water partition coefficient (Wildman–Crippen LogP) is 0.880. The number of carboxylic acid groups (broad SMARTS) is 2. The molecule has 0 aliphatic heterocycles. The van der Waals surface area contributed by atoms with Gasteiger partial charge in [-0.1, -0.05) is 0 Å². The van der Waals surface area contributed by atoms with Gasteiger partial charge in [-0.25, -0.2) is 4.79 Å². The lowest BCUT2D eigenvalue weighted by Crippen LogP contribution is -2.44. The van der Waals surface area contributed by atoms with Crippen LogP contribution in [0.4, 0.5) is 18.9 Å². The van der Waals surface area contributed by atoms with Crippen LogP contribution >= 0.6 is 0 Å². The minimum Gasteiger partial charge on any atom is -0.480 e. The van der Waals surface area contributed by atoms with Crippen LogP contribution in [0.15, 0.2) is 24.5 Å². The lowest BCUT2D eigenvalue weighted by atomic mass is 9.93. The van der Waals surface area contributed by atoms with Crippen molar-refractivity contribution in [3.05, 3.63) is 24.5 Å². The van der Waals surface area contributed by atoms with Crippen molar-refractivity contribution in [2.24, 2.45) is 5.41 Å². The van der Waals surface area contributed by atoms with Gasteiger partial charge >= 0.3 is 18.1 Å². The smallest absolute Gasteiger partial charge is 0.480 e. The second-order valence-electron chi connectivity index (χ2n) is 5.21. The van der Waals surface area contributed by atoms with Crippen molar-refractivity contribution in [3.8, 4) is 0 Å². The lowest BCUT2D eigenvalue weighted by Gasteiger charge is -2.18. The summed E-state index contributed by atoms with van der Waals surface area (Å²) in [6.07, 6.45) is -2.06. The molecule has 1 aromatic rings. The van der Waals surface area contributed by atoms with Crippen LogP contribution < -0.4 is 10.6 Å². The summed E-state index contributed by atoms with van der Waals surface area (Å²) in [5.74, 6) is -5.19. The number of hydrogen-bond donors (Lipinski definition) is 4. The Morgan fingerprint density at radius 2 is 1.65 bits per heavy atom. The molecule has 0 radical (unpaired) electrons. The zero-order chi connectivity index (χ0) is 20.5. The van der Waals surface area contributed by atoms with E-state index in [2.05, 4.69) is 15.6 Å². The van der Waals surface area contributed by atoms with Crippen LogP contribution in [0.5, 0.6) is 0 Å². The van der Waals surface area contributed by atoms with E-state index in [1.54, 1.807) is 18.3 Å². The van der Waals surface area contributed by atoms with E-state index in [9.17, 15) is 27.6 Å². The van der Waals surface area contributed by atoms with Crippen molar-refractivity contribution in [2.45, 2.75) is 20.0 Å². The first kappa shape index (κ1) is 22.8. The average Bonchev–Trinajstić information content (AvgIpc) is 2.53. The highest BCUT2D eigenvalue weighted by molar-refractivity contribution is 6.03. The van der Waals surface area contributed by atoms with E-state index in [0.29, 0.717) is 5.69 Å². The first-order chi connectivity index (χ1) is 11.8. The molecule has 26 heavy (non-hydrogen) atoms. The number of nitrogens with one attached hydrogen (secondary N) is 2. The Morgan fingerprint density at radius 1 is 1.12 bits per heavy atom. The number of alkyl halides is 3. The van der Waals surface area contributed by atoms with Crippen molar-refractivity contribution in [1.29, 1.82) is 0 Å². The van der Waals surface area contributed by atoms with E-state index in [4.69, 9.17) is 15.0 Å². The number of anilines is 1. The molecule has 0 atom stereocenters. The normalized spacial score (nSPS) is 10.8. The molecule has 1 heterocycles. The Bertz CT molecular complexity index is 662. The van der Waals surface area contributed by atoms with Gasteiger partial charge in [0.05, 0.1) is 18.4 Å². The van der Waals surface area contributed by atoms with Crippen molar-refractivity contribution in [2.75, 3.05) is 11.9 Å². The number of carbonyl (C=O) groups excluding carboxylic acids is 2.